The SMILES string of the molecule is COC(=O)CN(Cc1ccccc1C)C(=O)CCc1ccc(OC)cc1. The Morgan fingerprint density at radius 3 is 2.31 bits per heavy atom. The maximum absolute atomic E-state index is 12.7. The standard InChI is InChI=1S/C21H25NO4/c1-16-6-4-5-7-18(16)14-22(15-21(24)26-3)20(23)13-10-17-8-11-19(25-2)12-9-17/h4-9,11-12H,10,13-15H2,1-3H3. The van der Waals surface area contributed by atoms with Gasteiger partial charge in [0.2, 0.25) is 5.91 Å². The lowest BCUT2D eigenvalue weighted by Crippen LogP contribution is -2.36. The molecule has 0 radical (unpaired) electrons. The number of amides is 1. The van der Waals surface area contributed by atoms with Crippen molar-refractivity contribution >= 4 is 11.9 Å². The van der Waals surface area contributed by atoms with Crippen molar-refractivity contribution in [3.8, 4) is 5.75 Å². The first-order chi connectivity index (χ1) is 12.5. The molecule has 0 aliphatic rings. The average Bonchev–Trinajstić information content (AvgIpc) is 2.67. The Morgan fingerprint density at radius 1 is 1.00 bits per heavy atom. The minimum absolute atomic E-state index is 0.0493. The van der Waals surface area contributed by atoms with Crippen LogP contribution in [0.15, 0.2) is 48.5 Å². The van der Waals surface area contributed by atoms with Crippen LogP contribution in [0.3, 0.4) is 0 Å². The first-order valence-corrected chi connectivity index (χ1v) is 8.55. The van der Waals surface area contributed by atoms with Gasteiger partial charge in [0.1, 0.15) is 12.3 Å². The van der Waals surface area contributed by atoms with Gasteiger partial charge in [-0.25, -0.2) is 0 Å². The van der Waals surface area contributed by atoms with E-state index in [0.29, 0.717) is 19.4 Å². The molecule has 0 unspecified atom stereocenters. The number of rotatable bonds is 8. The van der Waals surface area contributed by atoms with Gasteiger partial charge in [-0.1, -0.05) is 36.4 Å². The van der Waals surface area contributed by atoms with E-state index in [1.807, 2.05) is 55.5 Å². The van der Waals surface area contributed by atoms with Crippen molar-refractivity contribution in [2.24, 2.45) is 0 Å². The first kappa shape index (κ1) is 19.5. The summed E-state index contributed by atoms with van der Waals surface area (Å²) in [5.74, 6) is 0.290. The third-order valence-corrected chi connectivity index (χ3v) is 4.31. The fourth-order valence-electron chi connectivity index (χ4n) is 2.65. The van der Waals surface area contributed by atoms with Crippen LogP contribution in [0.1, 0.15) is 23.1 Å². The van der Waals surface area contributed by atoms with Crippen LogP contribution >= 0.6 is 0 Å². The van der Waals surface area contributed by atoms with Gasteiger partial charge in [0, 0.05) is 13.0 Å². The molecule has 1 amide bonds. The number of carbonyl (C=O) groups is 2. The summed E-state index contributed by atoms with van der Waals surface area (Å²) < 4.78 is 9.88. The first-order valence-electron chi connectivity index (χ1n) is 8.55. The van der Waals surface area contributed by atoms with Gasteiger partial charge >= 0.3 is 5.97 Å². The third-order valence-electron chi connectivity index (χ3n) is 4.31. The van der Waals surface area contributed by atoms with E-state index in [1.165, 1.54) is 7.11 Å². The Bertz CT molecular complexity index is 740. The second-order valence-corrected chi connectivity index (χ2v) is 6.10. The minimum Gasteiger partial charge on any atom is -0.497 e. The molecule has 2 rings (SSSR count). The van der Waals surface area contributed by atoms with Gasteiger partial charge in [-0.2, -0.15) is 0 Å². The van der Waals surface area contributed by atoms with Gasteiger partial charge in [-0.3, -0.25) is 9.59 Å². The number of aryl methyl sites for hydroxylation is 2. The van der Waals surface area contributed by atoms with Crippen LogP contribution in [0, 0.1) is 6.92 Å². The number of nitrogens with zero attached hydrogens (tertiary/aromatic N) is 1. The molecule has 0 spiro atoms. The van der Waals surface area contributed by atoms with Crippen LogP contribution in [-0.2, 0) is 27.3 Å². The minimum atomic E-state index is -0.420. The number of hydrogen-bond donors (Lipinski definition) is 0. The number of methoxy groups -OCH3 is 2. The fraction of sp³-hybridized carbons (Fsp3) is 0.333. The predicted octanol–water partition coefficient (Wildman–Crippen LogP) is 3.14. The molecule has 5 nitrogen and oxygen atoms in total. The van der Waals surface area contributed by atoms with Crippen molar-refractivity contribution in [3.05, 3.63) is 65.2 Å². The predicted molar refractivity (Wildman–Crippen MR) is 99.9 cm³/mol. The second kappa shape index (κ2) is 9.61. The van der Waals surface area contributed by atoms with E-state index in [0.717, 1.165) is 22.4 Å². The Kier molecular flexibility index (Phi) is 7.21. The molecule has 138 valence electrons. The highest BCUT2D eigenvalue weighted by Crippen LogP contribution is 2.15. The highest BCUT2D eigenvalue weighted by atomic mass is 16.5. The summed E-state index contributed by atoms with van der Waals surface area (Å²) in [7, 11) is 2.95. The molecule has 26 heavy (non-hydrogen) atoms. The quantitative estimate of drug-likeness (QED) is 0.683. The molecule has 0 aliphatic heterocycles. The summed E-state index contributed by atoms with van der Waals surface area (Å²) in [4.78, 5) is 26.0. The maximum Gasteiger partial charge on any atom is 0.325 e. The highest BCUT2D eigenvalue weighted by molar-refractivity contribution is 5.82. The molecule has 0 saturated heterocycles. The summed E-state index contributed by atoms with van der Waals surface area (Å²) in [5, 5.41) is 0. The summed E-state index contributed by atoms with van der Waals surface area (Å²) in [6, 6.07) is 15.5. The molecule has 2 aromatic carbocycles. The monoisotopic (exact) mass is 355 g/mol. The van der Waals surface area contributed by atoms with E-state index in [4.69, 9.17) is 9.47 Å². The number of carbonyl (C=O) groups excluding carboxylic acids is 2. The van der Waals surface area contributed by atoms with Crippen molar-refractivity contribution in [1.82, 2.24) is 4.90 Å². The second-order valence-electron chi connectivity index (χ2n) is 6.10. The zero-order valence-corrected chi connectivity index (χ0v) is 15.5. The average molecular weight is 355 g/mol. The lowest BCUT2D eigenvalue weighted by molar-refractivity contribution is -0.147. The van der Waals surface area contributed by atoms with Gasteiger partial charge in [0.25, 0.3) is 0 Å². The van der Waals surface area contributed by atoms with E-state index >= 15 is 0 Å². The lowest BCUT2D eigenvalue weighted by Gasteiger charge is -2.22. The van der Waals surface area contributed by atoms with Crippen molar-refractivity contribution in [2.75, 3.05) is 20.8 Å². The fourth-order valence-corrected chi connectivity index (χ4v) is 2.65. The Morgan fingerprint density at radius 2 is 1.69 bits per heavy atom. The topological polar surface area (TPSA) is 55.8 Å². The molecular formula is C21H25NO4. The van der Waals surface area contributed by atoms with Gasteiger partial charge in [-0.05, 0) is 42.2 Å². The molecule has 0 aromatic heterocycles. The van der Waals surface area contributed by atoms with Crippen LogP contribution in [0.4, 0.5) is 0 Å². The van der Waals surface area contributed by atoms with E-state index in [1.54, 1.807) is 12.0 Å². The highest BCUT2D eigenvalue weighted by Gasteiger charge is 2.18. The maximum atomic E-state index is 12.7. The summed E-state index contributed by atoms with van der Waals surface area (Å²) >= 11 is 0. The van der Waals surface area contributed by atoms with Gasteiger partial charge in [0.15, 0.2) is 0 Å². The molecule has 0 aliphatic carbocycles. The van der Waals surface area contributed by atoms with Gasteiger partial charge in [0.05, 0.1) is 14.2 Å². The van der Waals surface area contributed by atoms with E-state index in [9.17, 15) is 9.59 Å². The Hall–Kier alpha value is -2.82. The summed E-state index contributed by atoms with van der Waals surface area (Å²) in [6.07, 6.45) is 0.934. The summed E-state index contributed by atoms with van der Waals surface area (Å²) in [5.41, 5.74) is 3.16. The van der Waals surface area contributed by atoms with Crippen LogP contribution in [0.25, 0.3) is 0 Å². The van der Waals surface area contributed by atoms with Crippen LogP contribution in [0.5, 0.6) is 5.75 Å². The molecule has 0 heterocycles. The Balaban J connectivity index is 2.04. The molecule has 2 aromatic rings. The third kappa shape index (κ3) is 5.62. The van der Waals surface area contributed by atoms with Crippen molar-refractivity contribution < 1.29 is 19.1 Å². The molecule has 0 saturated carbocycles. The number of benzene rings is 2. The van der Waals surface area contributed by atoms with Crippen molar-refractivity contribution in [3.63, 3.8) is 0 Å². The van der Waals surface area contributed by atoms with Crippen molar-refractivity contribution in [2.45, 2.75) is 26.3 Å². The van der Waals surface area contributed by atoms with Crippen LogP contribution in [0.2, 0.25) is 0 Å². The van der Waals surface area contributed by atoms with Crippen LogP contribution in [-0.4, -0.2) is 37.5 Å². The molecule has 0 bridgehead atoms. The molecule has 0 atom stereocenters. The lowest BCUT2D eigenvalue weighted by atomic mass is 10.1. The molecule has 5 heteroatoms. The number of esters is 1. The normalized spacial score (nSPS) is 10.3. The molecule has 0 N–H and O–H groups in total. The van der Waals surface area contributed by atoms with Crippen LogP contribution < -0.4 is 4.74 Å². The number of hydrogen-bond acceptors (Lipinski definition) is 4. The zero-order valence-electron chi connectivity index (χ0n) is 15.5. The Labute approximate surface area is 154 Å². The smallest absolute Gasteiger partial charge is 0.325 e. The summed E-state index contributed by atoms with van der Waals surface area (Å²) in [6.45, 7) is 2.34. The van der Waals surface area contributed by atoms with Gasteiger partial charge < -0.3 is 14.4 Å². The van der Waals surface area contributed by atoms with E-state index < -0.39 is 5.97 Å². The molecule has 0 fully saturated rings. The largest absolute Gasteiger partial charge is 0.497 e. The van der Waals surface area contributed by atoms with E-state index in [-0.39, 0.29) is 12.5 Å². The van der Waals surface area contributed by atoms with E-state index in [2.05, 4.69) is 0 Å². The van der Waals surface area contributed by atoms with Crippen molar-refractivity contribution in [1.29, 1.82) is 0 Å². The zero-order chi connectivity index (χ0) is 18.9. The molecular weight excluding hydrogens is 330 g/mol. The van der Waals surface area contributed by atoms with Gasteiger partial charge in [-0.15, -0.1) is 0 Å². The number of ether oxygens (including phenoxy) is 2.